The van der Waals surface area contributed by atoms with Gasteiger partial charge in [0.2, 0.25) is 0 Å². The van der Waals surface area contributed by atoms with Crippen molar-refractivity contribution in [3.8, 4) is 11.1 Å². The van der Waals surface area contributed by atoms with Crippen LogP contribution in [0.5, 0.6) is 0 Å². The number of hydrogen-bond donors (Lipinski definition) is 2. The van der Waals surface area contributed by atoms with Crippen LogP contribution in [0.2, 0.25) is 0 Å². The molecule has 0 amide bonds. The molecule has 0 saturated heterocycles. The largest absolute Gasteiger partial charge is 0.391 e. The molecule has 19 heavy (non-hydrogen) atoms. The molecule has 1 aliphatic rings. The molecule has 0 spiro atoms. The van der Waals surface area contributed by atoms with Crippen molar-refractivity contribution >= 4 is 0 Å². The van der Waals surface area contributed by atoms with Gasteiger partial charge in [-0.1, -0.05) is 54.6 Å². The van der Waals surface area contributed by atoms with Gasteiger partial charge in [0.15, 0.2) is 0 Å². The second-order valence-corrected chi connectivity index (χ2v) is 5.39. The van der Waals surface area contributed by atoms with E-state index in [-0.39, 0.29) is 0 Å². The van der Waals surface area contributed by atoms with Gasteiger partial charge in [-0.3, -0.25) is 0 Å². The Hall–Kier alpha value is -1.64. The molecule has 2 heteroatoms. The van der Waals surface area contributed by atoms with Gasteiger partial charge < -0.3 is 10.8 Å². The fraction of sp³-hybridized carbons (Fsp3) is 0.294. The molecule has 1 aliphatic carbocycles. The first-order valence-corrected chi connectivity index (χ1v) is 6.83. The number of rotatable bonds is 2. The van der Waals surface area contributed by atoms with Gasteiger partial charge in [0, 0.05) is 0 Å². The Morgan fingerprint density at radius 2 is 1.58 bits per heavy atom. The third-order valence-corrected chi connectivity index (χ3v) is 4.19. The Bertz CT molecular complexity index is 549. The highest BCUT2D eigenvalue weighted by Crippen LogP contribution is 2.37. The predicted octanol–water partition coefficient (Wildman–Crippen LogP) is 3.05. The molecule has 2 atom stereocenters. The monoisotopic (exact) mass is 253 g/mol. The zero-order chi connectivity index (χ0) is 13.3. The maximum atomic E-state index is 10.1. The molecule has 0 aromatic heterocycles. The van der Waals surface area contributed by atoms with E-state index in [1.165, 1.54) is 11.1 Å². The molecular weight excluding hydrogens is 234 g/mol. The van der Waals surface area contributed by atoms with Gasteiger partial charge in [0.1, 0.15) is 0 Å². The highest BCUT2D eigenvalue weighted by atomic mass is 16.3. The molecule has 1 saturated carbocycles. The molecule has 0 heterocycles. The summed E-state index contributed by atoms with van der Waals surface area (Å²) >= 11 is 0. The van der Waals surface area contributed by atoms with Crippen molar-refractivity contribution in [2.24, 2.45) is 5.73 Å². The van der Waals surface area contributed by atoms with Gasteiger partial charge in [-0.15, -0.1) is 0 Å². The molecule has 3 rings (SSSR count). The summed E-state index contributed by atoms with van der Waals surface area (Å²) in [5.74, 6) is 0. The smallest absolute Gasteiger partial charge is 0.0761 e. The second-order valence-electron chi connectivity index (χ2n) is 5.39. The van der Waals surface area contributed by atoms with E-state index in [1.54, 1.807) is 0 Å². The van der Waals surface area contributed by atoms with Crippen molar-refractivity contribution in [1.82, 2.24) is 0 Å². The summed E-state index contributed by atoms with van der Waals surface area (Å²) in [5, 5.41) is 10.1. The van der Waals surface area contributed by atoms with E-state index in [4.69, 9.17) is 5.73 Å². The molecule has 0 bridgehead atoms. The maximum Gasteiger partial charge on any atom is 0.0761 e. The van der Waals surface area contributed by atoms with Crippen molar-refractivity contribution in [3.63, 3.8) is 0 Å². The number of hydrogen-bond acceptors (Lipinski definition) is 2. The summed E-state index contributed by atoms with van der Waals surface area (Å²) in [7, 11) is 0. The Balaban J connectivity index is 1.91. The Morgan fingerprint density at radius 3 is 2.16 bits per heavy atom. The second kappa shape index (κ2) is 4.80. The van der Waals surface area contributed by atoms with Crippen LogP contribution in [0.4, 0.5) is 0 Å². The molecule has 98 valence electrons. The van der Waals surface area contributed by atoms with Crippen LogP contribution in [-0.4, -0.2) is 11.2 Å². The molecule has 2 nitrogen and oxygen atoms in total. The third kappa shape index (κ3) is 2.18. The van der Waals surface area contributed by atoms with Gasteiger partial charge in [-0.2, -0.15) is 0 Å². The van der Waals surface area contributed by atoms with E-state index in [0.717, 1.165) is 24.8 Å². The minimum Gasteiger partial charge on any atom is -0.391 e. The minimum absolute atomic E-state index is 0.421. The van der Waals surface area contributed by atoms with Gasteiger partial charge in [0.25, 0.3) is 0 Å². The Morgan fingerprint density at radius 1 is 0.947 bits per heavy atom. The highest BCUT2D eigenvalue weighted by Gasteiger charge is 2.39. The topological polar surface area (TPSA) is 46.2 Å². The summed E-state index contributed by atoms with van der Waals surface area (Å²) in [5.41, 5.74) is 9.22. The molecule has 2 aromatic carbocycles. The summed E-state index contributed by atoms with van der Waals surface area (Å²) in [6.07, 6.45) is 2.24. The normalized spacial score (nSPS) is 26.5. The molecule has 3 N–H and O–H groups in total. The molecule has 2 aromatic rings. The van der Waals surface area contributed by atoms with Crippen molar-refractivity contribution in [3.05, 3.63) is 60.2 Å². The summed E-state index contributed by atoms with van der Waals surface area (Å²) in [6, 6.07) is 18.6. The van der Waals surface area contributed by atoms with Crippen LogP contribution in [0.25, 0.3) is 11.1 Å². The predicted molar refractivity (Wildman–Crippen MR) is 77.6 cm³/mol. The van der Waals surface area contributed by atoms with Crippen LogP contribution < -0.4 is 5.73 Å². The summed E-state index contributed by atoms with van der Waals surface area (Å²) < 4.78 is 0. The zero-order valence-corrected chi connectivity index (χ0v) is 10.9. The lowest BCUT2D eigenvalue weighted by Gasteiger charge is -2.28. The van der Waals surface area contributed by atoms with E-state index >= 15 is 0 Å². The van der Waals surface area contributed by atoms with Crippen LogP contribution in [0.1, 0.15) is 24.8 Å². The van der Waals surface area contributed by atoms with Crippen LogP contribution >= 0.6 is 0 Å². The van der Waals surface area contributed by atoms with Gasteiger partial charge >= 0.3 is 0 Å². The Labute approximate surface area is 113 Å². The first-order valence-electron chi connectivity index (χ1n) is 6.83. The van der Waals surface area contributed by atoms with Crippen molar-refractivity contribution in [2.45, 2.75) is 30.9 Å². The quantitative estimate of drug-likeness (QED) is 0.864. The lowest BCUT2D eigenvalue weighted by Crippen LogP contribution is -2.43. The van der Waals surface area contributed by atoms with E-state index < -0.39 is 11.6 Å². The van der Waals surface area contributed by atoms with Crippen molar-refractivity contribution in [2.75, 3.05) is 0 Å². The fourth-order valence-corrected chi connectivity index (χ4v) is 2.95. The van der Waals surface area contributed by atoms with E-state index in [1.807, 2.05) is 18.2 Å². The average Bonchev–Trinajstić information content (AvgIpc) is 2.81. The SMILES string of the molecule is N[C@]1(c2ccc(-c3ccccc3)cc2)CCC[C@@H]1O. The number of benzene rings is 2. The first-order chi connectivity index (χ1) is 9.20. The van der Waals surface area contributed by atoms with Gasteiger partial charge in [0.05, 0.1) is 11.6 Å². The first kappa shape index (κ1) is 12.4. The highest BCUT2D eigenvalue weighted by molar-refractivity contribution is 5.63. The van der Waals surface area contributed by atoms with E-state index in [9.17, 15) is 5.11 Å². The summed E-state index contributed by atoms with van der Waals surface area (Å²) in [4.78, 5) is 0. The van der Waals surface area contributed by atoms with Crippen molar-refractivity contribution in [1.29, 1.82) is 0 Å². The molecule has 0 unspecified atom stereocenters. The van der Waals surface area contributed by atoms with Gasteiger partial charge in [-0.25, -0.2) is 0 Å². The zero-order valence-electron chi connectivity index (χ0n) is 10.9. The third-order valence-electron chi connectivity index (χ3n) is 4.19. The maximum absolute atomic E-state index is 10.1. The number of nitrogens with two attached hydrogens (primary N) is 1. The van der Waals surface area contributed by atoms with Gasteiger partial charge in [-0.05, 0) is 36.0 Å². The molecule has 0 radical (unpaired) electrons. The average molecular weight is 253 g/mol. The molecule has 0 aliphatic heterocycles. The van der Waals surface area contributed by atoms with Crippen LogP contribution in [0.15, 0.2) is 54.6 Å². The molecular formula is C17H19NO. The number of aliphatic hydroxyl groups is 1. The summed E-state index contributed by atoms with van der Waals surface area (Å²) in [6.45, 7) is 0. The Kier molecular flexibility index (Phi) is 3.13. The lowest BCUT2D eigenvalue weighted by atomic mass is 9.86. The fourth-order valence-electron chi connectivity index (χ4n) is 2.95. The van der Waals surface area contributed by atoms with Crippen LogP contribution in [0.3, 0.4) is 0 Å². The van der Waals surface area contributed by atoms with E-state index in [2.05, 4.69) is 36.4 Å². The standard InChI is InChI=1S/C17H19NO/c18-17(12-4-7-16(17)19)15-10-8-14(9-11-15)13-5-2-1-3-6-13/h1-3,5-6,8-11,16,19H,4,7,12,18H2/t16-,17-/m0/s1. The minimum atomic E-state index is -0.560. The van der Waals surface area contributed by atoms with Crippen molar-refractivity contribution < 1.29 is 5.11 Å². The van der Waals surface area contributed by atoms with Crippen LogP contribution in [0, 0.1) is 0 Å². The van der Waals surface area contributed by atoms with Crippen LogP contribution in [-0.2, 0) is 5.54 Å². The molecule has 1 fully saturated rings. The number of aliphatic hydroxyl groups excluding tert-OH is 1. The van der Waals surface area contributed by atoms with E-state index in [0.29, 0.717) is 0 Å². The lowest BCUT2D eigenvalue weighted by molar-refractivity contribution is 0.109.